The van der Waals surface area contributed by atoms with Gasteiger partial charge in [-0.3, -0.25) is 62.4 Å². The molecule has 11 aromatic carbocycles. The van der Waals surface area contributed by atoms with Gasteiger partial charge in [-0.1, -0.05) is 176 Å². The third kappa shape index (κ3) is 26.9. The fourth-order valence-corrected chi connectivity index (χ4v) is 19.4. The van der Waals surface area contributed by atoms with Gasteiger partial charge in [-0.05, 0) is 222 Å². The van der Waals surface area contributed by atoms with Gasteiger partial charge in [0, 0.05) is 140 Å². The van der Waals surface area contributed by atoms with Crippen LogP contribution in [0.2, 0.25) is 0 Å². The van der Waals surface area contributed by atoms with Gasteiger partial charge in [-0.15, -0.1) is 0 Å². The fourth-order valence-electron chi connectivity index (χ4n) is 15.6. The monoisotopic (exact) mass is 2340 g/mol. The van der Waals surface area contributed by atoms with Crippen molar-refractivity contribution < 1.29 is 52.1 Å². The molecule has 2 aliphatic rings. The number of morpholine rings is 2. The molecule has 0 spiro atoms. The summed E-state index contributed by atoms with van der Waals surface area (Å²) < 4.78 is 30.2. The van der Waals surface area contributed by atoms with E-state index in [9.17, 15) is 57.5 Å². The first-order valence-electron chi connectivity index (χ1n) is 45.7. The molecule has 18 aromatic rings. The van der Waals surface area contributed by atoms with Crippen LogP contribution in [0, 0.1) is 0 Å². The van der Waals surface area contributed by atoms with Crippen molar-refractivity contribution in [2.75, 3.05) is 94.9 Å². The molecule has 9 heterocycles. The highest BCUT2D eigenvalue weighted by molar-refractivity contribution is 9.11. The second-order valence-corrected chi connectivity index (χ2v) is 37.4. The Morgan fingerprint density at radius 3 is 1.05 bits per heavy atom. The number of amides is 6. The van der Waals surface area contributed by atoms with Gasteiger partial charge in [0.1, 0.15) is 57.2 Å². The number of hydrogen-bond donors (Lipinski definition) is 12. The van der Waals surface area contributed by atoms with Crippen LogP contribution in [0.3, 0.4) is 0 Å². The van der Waals surface area contributed by atoms with E-state index in [1.165, 1.54) is 6.26 Å². The molecule has 12 N–H and O–H groups in total. The van der Waals surface area contributed by atoms with E-state index in [0.717, 1.165) is 92.5 Å². The highest BCUT2D eigenvalue weighted by Gasteiger charge is 2.25. The molecular formula is C109H92Br6N14O17. The number of benzene rings is 11. The lowest BCUT2D eigenvalue weighted by atomic mass is 10.1. The number of aromatic amines is 6. The SMILES string of the molecule is COc1cccc(CCNC(=O)c2[nH]c(=O)c3ccccc3c2Br)c1.O=C(NCCN1CCOCC1)c1[nH]c(=O)c2ccccc2c1Br.O=C(NCc1ccccc1)c1[nH]c(=O)c2ccccc2c1Br.O=C(NCc1ccco1)c1[nH]c(=O)c2ccccc2c1Br.O=C(Nc1ccc(N2CCOCC2)cc1)c1[nH]c(=O)c2ccccc2c1Br.O=C(Nc1cccc(Oc2ccccc2)c1)c1[nH]c(=O)c2ccccc2c1Br. The summed E-state index contributed by atoms with van der Waals surface area (Å²) in [7, 11) is 1.62. The van der Waals surface area contributed by atoms with E-state index in [0.29, 0.717) is 135 Å². The van der Waals surface area contributed by atoms with Crippen molar-refractivity contribution in [3.8, 4) is 17.2 Å². The normalized spacial score (nSPS) is 12.1. The van der Waals surface area contributed by atoms with Crippen LogP contribution in [0.5, 0.6) is 17.2 Å². The third-order valence-corrected chi connectivity index (χ3v) is 28.0. The highest BCUT2D eigenvalue weighted by Crippen LogP contribution is 2.33. The van der Waals surface area contributed by atoms with Crippen molar-refractivity contribution in [2.24, 2.45) is 0 Å². The van der Waals surface area contributed by atoms with Gasteiger partial charge in [0.15, 0.2) is 0 Å². The predicted molar refractivity (Wildman–Crippen MR) is 588 cm³/mol. The lowest BCUT2D eigenvalue weighted by molar-refractivity contribution is 0.0383. The number of H-pyrrole nitrogens is 6. The number of hydrogen-bond acceptors (Lipinski definition) is 19. The number of nitrogens with one attached hydrogen (secondary N) is 12. The van der Waals surface area contributed by atoms with Crippen LogP contribution in [0.15, 0.2) is 357 Å². The second-order valence-electron chi connectivity index (χ2n) is 32.6. The molecular weight excluding hydrogens is 2260 g/mol. The maximum absolute atomic E-state index is 12.7. The van der Waals surface area contributed by atoms with Crippen LogP contribution in [-0.2, 0) is 29.0 Å². The summed E-state index contributed by atoms with van der Waals surface area (Å²) in [5.41, 5.74) is 3.95. The molecule has 20 rings (SSSR count). The third-order valence-electron chi connectivity index (χ3n) is 23.1. The lowest BCUT2D eigenvalue weighted by Crippen LogP contribution is -2.41. The standard InChI is InChI=1S/C22H15BrN2O3.C20H18BrN3O3.C19H17BrN2O3.C17H13BrN2O2.C16H18BrN3O3.C15H11BrN2O3/c23-19-17-11-4-5-12-18(17)21(26)25-20(19)22(27)24-14-7-6-10-16(13-14)28-15-8-2-1-3-9-15;21-17-15-3-1-2-4-16(15)19(25)23-18(17)20(26)22-13-5-7-14(8-6-13)24-9-11-27-12-10-24;1-25-13-6-4-5-12(11-13)9-10-21-19(24)17-16(20)14-7-2-3-8-15(14)18(23)22-17;18-14-12-8-4-5-9-13(12)16(21)20-15(14)17(22)19-10-11-6-2-1-3-7-11;17-13-11-3-1-2-4-12(11)15(21)19-14(13)16(22)18-5-6-20-7-9-23-10-8-20;16-12-10-5-1-2-6-11(10)14(19)18-13(12)15(20)17-8-9-4-3-7-21-9/h1-13H,(H,24,27)(H,25,26);1-8H,9-12H2,(H,22,26)(H,23,25);2-8,11H,9-10H2,1H3,(H,21,24)(H,22,23);1-9H,10H2,(H,19,22)(H,20,21);1-4H,5-10H2,(H,18,22)(H,19,21);1-7H,8H2,(H,17,20)(H,18,19). The smallest absolute Gasteiger partial charge is 0.273 e. The summed E-state index contributed by atoms with van der Waals surface area (Å²) in [6.07, 6.45) is 2.20. The van der Waals surface area contributed by atoms with Crippen LogP contribution in [-0.4, -0.2) is 150 Å². The number of anilines is 3. The van der Waals surface area contributed by atoms with Crippen LogP contribution >= 0.6 is 95.6 Å². The zero-order chi connectivity index (χ0) is 103. The number of methoxy groups -OCH3 is 1. The number of rotatable bonds is 22. The maximum atomic E-state index is 12.7. The number of ether oxygens (including phenoxy) is 4. The number of para-hydroxylation sites is 1. The highest BCUT2D eigenvalue weighted by atomic mass is 79.9. The van der Waals surface area contributed by atoms with E-state index in [1.54, 1.807) is 128 Å². The van der Waals surface area contributed by atoms with Crippen molar-refractivity contribution in [1.29, 1.82) is 0 Å². The van der Waals surface area contributed by atoms with Gasteiger partial charge < -0.3 is 90.1 Å². The number of aromatic nitrogens is 6. The molecule has 7 aromatic heterocycles. The number of fused-ring (bicyclic) bond motifs is 6. The zero-order valence-corrected chi connectivity index (χ0v) is 87.3. The summed E-state index contributed by atoms with van der Waals surface area (Å²) in [6, 6.07) is 87.7. The lowest BCUT2D eigenvalue weighted by Gasteiger charge is -2.28. The van der Waals surface area contributed by atoms with E-state index < -0.39 is 5.91 Å². The molecule has 0 saturated carbocycles. The van der Waals surface area contributed by atoms with Gasteiger partial charge in [-0.2, -0.15) is 0 Å². The second kappa shape index (κ2) is 50.9. The Morgan fingerprint density at radius 1 is 0.315 bits per heavy atom. The molecule has 0 radical (unpaired) electrons. The van der Waals surface area contributed by atoms with Gasteiger partial charge in [-0.25, -0.2) is 0 Å². The van der Waals surface area contributed by atoms with E-state index >= 15 is 0 Å². The van der Waals surface area contributed by atoms with E-state index in [1.807, 2.05) is 170 Å². The van der Waals surface area contributed by atoms with E-state index in [4.69, 9.17) is 23.4 Å². The molecule has 2 fully saturated rings. The quantitative estimate of drug-likeness (QED) is 0.0300. The number of carbonyl (C=O) groups excluding carboxylic acids is 6. The summed E-state index contributed by atoms with van der Waals surface area (Å²) in [5.74, 6) is 0.622. The van der Waals surface area contributed by atoms with Gasteiger partial charge >= 0.3 is 0 Å². The molecule has 6 amide bonds. The van der Waals surface area contributed by atoms with Crippen LogP contribution in [0.25, 0.3) is 64.6 Å². The minimum absolute atomic E-state index is 0.165. The molecule has 31 nitrogen and oxygen atoms in total. The molecule has 0 unspecified atom stereocenters. The number of furan rings is 1. The minimum atomic E-state index is -0.424. The number of pyridine rings is 6. The van der Waals surface area contributed by atoms with Crippen molar-refractivity contribution in [3.05, 3.63) is 437 Å². The predicted octanol–water partition coefficient (Wildman–Crippen LogP) is 19.4. The number of halogens is 6. The summed E-state index contributed by atoms with van der Waals surface area (Å²) >= 11 is 20.5. The van der Waals surface area contributed by atoms with Crippen LogP contribution in [0.4, 0.5) is 17.1 Å². The zero-order valence-electron chi connectivity index (χ0n) is 77.8. The Bertz CT molecular complexity index is 8210. The van der Waals surface area contributed by atoms with Crippen molar-refractivity contribution in [1.82, 2.24) is 56.1 Å². The first kappa shape index (κ1) is 105. The first-order valence-corrected chi connectivity index (χ1v) is 50.4. The topological polar surface area (TPSA) is 428 Å². The minimum Gasteiger partial charge on any atom is -0.497 e. The van der Waals surface area contributed by atoms with Gasteiger partial charge in [0.05, 0.1) is 73.2 Å². The Labute approximate surface area is 882 Å². The number of carbonyl (C=O) groups is 6. The van der Waals surface area contributed by atoms with Crippen LogP contribution < -0.4 is 79.6 Å². The summed E-state index contributed by atoms with van der Waals surface area (Å²) in [4.78, 5) is 168. The molecule has 0 atom stereocenters. The van der Waals surface area contributed by atoms with Gasteiger partial charge in [0.25, 0.3) is 68.8 Å². The molecule has 2 saturated heterocycles. The van der Waals surface area contributed by atoms with Crippen molar-refractivity contribution >= 4 is 213 Å². The molecule has 0 bridgehead atoms. The first-order chi connectivity index (χ1) is 70.8. The average Bonchev–Trinajstić information content (AvgIpc) is 0.820. The average molecular weight is 2350 g/mol. The van der Waals surface area contributed by atoms with Crippen molar-refractivity contribution in [2.45, 2.75) is 19.5 Å². The molecule has 0 aliphatic carbocycles. The maximum Gasteiger partial charge on any atom is 0.273 e. The van der Waals surface area contributed by atoms with E-state index in [-0.39, 0.29) is 104 Å². The Balaban J connectivity index is 0.000000132. The largest absolute Gasteiger partial charge is 0.497 e. The van der Waals surface area contributed by atoms with Crippen LogP contribution in [0.1, 0.15) is 79.8 Å². The molecule has 742 valence electrons. The Kier molecular flexibility index (Phi) is 36.7. The Hall–Kier alpha value is -15.1. The number of nitrogens with zero attached hydrogens (tertiary/aromatic N) is 2. The van der Waals surface area contributed by atoms with Gasteiger partial charge in [0.2, 0.25) is 0 Å². The molecule has 37 heteroatoms. The molecule has 146 heavy (non-hydrogen) atoms. The summed E-state index contributed by atoms with van der Waals surface area (Å²) in [5, 5.41) is 24.3. The molecule has 2 aliphatic heterocycles. The fraction of sp³-hybridized carbons (Fsp3) is 0.138. The summed E-state index contributed by atoms with van der Waals surface area (Å²) in [6.45, 7) is 8.80. The van der Waals surface area contributed by atoms with Crippen molar-refractivity contribution in [3.63, 3.8) is 0 Å². The Morgan fingerprint density at radius 2 is 0.651 bits per heavy atom. The van der Waals surface area contributed by atoms with E-state index in [2.05, 4.69) is 167 Å².